The number of carboxylic acids is 1. The quantitative estimate of drug-likeness (QED) is 0.311. The van der Waals surface area contributed by atoms with Gasteiger partial charge < -0.3 is 15.7 Å². The van der Waals surface area contributed by atoms with Gasteiger partial charge in [-0.3, -0.25) is 0 Å². The van der Waals surface area contributed by atoms with Gasteiger partial charge in [-0.2, -0.15) is 10.4 Å². The highest BCUT2D eigenvalue weighted by atomic mass is 35.5. The molecule has 12 heteroatoms. The molecule has 0 aliphatic heterocycles. The molecule has 0 amide bonds. The first-order chi connectivity index (χ1) is 15.4. The Balaban J connectivity index is 0.00000306. The zero-order valence-electron chi connectivity index (χ0n) is 16.8. The first-order valence-electron chi connectivity index (χ1n) is 9.37. The lowest BCUT2D eigenvalue weighted by Gasteiger charge is -2.12. The zero-order valence-corrected chi connectivity index (χ0v) is 19.1. The number of nitriles is 1. The summed E-state index contributed by atoms with van der Waals surface area (Å²) in [5.41, 5.74) is 2.02. The number of benzene rings is 1. The van der Waals surface area contributed by atoms with Gasteiger partial charge in [-0.1, -0.05) is 23.2 Å². The molecule has 0 fully saturated rings. The van der Waals surface area contributed by atoms with Crippen molar-refractivity contribution in [2.24, 2.45) is 0 Å². The van der Waals surface area contributed by atoms with Crippen molar-refractivity contribution in [1.82, 2.24) is 19.6 Å². The molecule has 4 rings (SSSR count). The lowest BCUT2D eigenvalue weighted by atomic mass is 10.1. The number of carboxylic acid groups (broad SMARTS) is 1. The second-order valence-electron chi connectivity index (χ2n) is 6.66. The smallest absolute Gasteiger partial charge is 0.356 e. The average Bonchev–Trinajstić information content (AvgIpc) is 3.22. The molecule has 3 aromatic heterocycles. The van der Waals surface area contributed by atoms with Crippen LogP contribution in [-0.4, -0.2) is 43.7 Å². The number of aromatic nitrogens is 4. The highest BCUT2D eigenvalue weighted by molar-refractivity contribution is 6.36. The summed E-state index contributed by atoms with van der Waals surface area (Å²) < 4.78 is 1.45. The largest absolute Gasteiger partial charge is 0.476 e. The number of aromatic carboxylic acids is 1. The van der Waals surface area contributed by atoms with Gasteiger partial charge in [-0.05, 0) is 30.3 Å². The molecule has 0 spiro atoms. The van der Waals surface area contributed by atoms with Gasteiger partial charge in [0.15, 0.2) is 11.5 Å². The van der Waals surface area contributed by atoms with E-state index in [4.69, 9.17) is 28.5 Å². The normalized spacial score (nSPS) is 10.3. The monoisotopic (exact) mass is 503 g/mol. The summed E-state index contributed by atoms with van der Waals surface area (Å²) in [7, 11) is 0. The number of halogens is 3. The number of nitrogens with one attached hydrogen (secondary N) is 2. The molecule has 168 valence electrons. The third-order valence-electron chi connectivity index (χ3n) is 4.50. The molecule has 3 N–H and O–H groups in total. The second-order valence-corrected chi connectivity index (χ2v) is 7.50. The standard InChI is InChI=1S/C21H15Cl2N7O2.ClH/c22-13-2-3-14(15(23)7-13)17-11-30-18(8-16(29-30)21(31)32)20(28-17)26-6-5-25-19-4-1-12(9-24)10-27-19;/h1-4,7-8,10-11H,5-6H2,(H,25,27)(H,26,28)(H,31,32);1H. The van der Waals surface area contributed by atoms with Crippen molar-refractivity contribution in [1.29, 1.82) is 5.26 Å². The van der Waals surface area contributed by atoms with Gasteiger partial charge in [-0.15, -0.1) is 12.4 Å². The van der Waals surface area contributed by atoms with Gasteiger partial charge in [0.05, 0.1) is 22.5 Å². The molecule has 0 unspecified atom stereocenters. The van der Waals surface area contributed by atoms with Crippen molar-refractivity contribution in [2.45, 2.75) is 0 Å². The highest BCUT2D eigenvalue weighted by Crippen LogP contribution is 2.31. The Hall–Kier alpha value is -3.58. The first-order valence-corrected chi connectivity index (χ1v) is 10.1. The number of fused-ring (bicyclic) bond motifs is 1. The van der Waals surface area contributed by atoms with E-state index >= 15 is 0 Å². The Bertz CT molecular complexity index is 1350. The lowest BCUT2D eigenvalue weighted by molar-refractivity contribution is 0.0690. The number of rotatable bonds is 7. The maximum atomic E-state index is 11.4. The highest BCUT2D eigenvalue weighted by Gasteiger charge is 2.16. The Morgan fingerprint density at radius 3 is 2.61 bits per heavy atom. The molecule has 4 aromatic rings. The van der Waals surface area contributed by atoms with E-state index in [2.05, 4.69) is 25.7 Å². The summed E-state index contributed by atoms with van der Waals surface area (Å²) in [5.74, 6) is -0.0643. The van der Waals surface area contributed by atoms with E-state index in [0.29, 0.717) is 57.1 Å². The third kappa shape index (κ3) is 5.43. The van der Waals surface area contributed by atoms with E-state index in [9.17, 15) is 9.90 Å². The summed E-state index contributed by atoms with van der Waals surface area (Å²) in [6, 6.07) is 11.9. The Morgan fingerprint density at radius 1 is 1.15 bits per heavy atom. The fourth-order valence-electron chi connectivity index (χ4n) is 2.99. The van der Waals surface area contributed by atoms with Gasteiger partial charge in [0.1, 0.15) is 17.4 Å². The zero-order chi connectivity index (χ0) is 22.7. The molecule has 0 atom stereocenters. The second kappa shape index (κ2) is 10.4. The number of anilines is 2. The fourth-order valence-corrected chi connectivity index (χ4v) is 3.50. The lowest BCUT2D eigenvalue weighted by Crippen LogP contribution is -2.15. The topological polar surface area (TPSA) is 128 Å². The Kier molecular flexibility index (Phi) is 7.55. The summed E-state index contributed by atoms with van der Waals surface area (Å²) >= 11 is 12.3. The van der Waals surface area contributed by atoms with Crippen LogP contribution >= 0.6 is 35.6 Å². The van der Waals surface area contributed by atoms with Gasteiger partial charge >= 0.3 is 5.97 Å². The molecule has 0 radical (unpaired) electrons. The third-order valence-corrected chi connectivity index (χ3v) is 5.05. The Morgan fingerprint density at radius 2 is 1.94 bits per heavy atom. The van der Waals surface area contributed by atoms with Gasteiger partial charge in [0.25, 0.3) is 0 Å². The minimum Gasteiger partial charge on any atom is -0.476 e. The van der Waals surface area contributed by atoms with Crippen molar-refractivity contribution in [3.8, 4) is 17.3 Å². The molecule has 0 aliphatic carbocycles. The minimum atomic E-state index is -1.14. The van der Waals surface area contributed by atoms with Crippen LogP contribution in [0.1, 0.15) is 16.1 Å². The molecule has 3 heterocycles. The molecule has 0 bridgehead atoms. The van der Waals surface area contributed by atoms with Crippen LogP contribution in [0.25, 0.3) is 16.8 Å². The molecule has 33 heavy (non-hydrogen) atoms. The fraction of sp³-hybridized carbons (Fsp3) is 0.0952. The average molecular weight is 505 g/mol. The van der Waals surface area contributed by atoms with Crippen LogP contribution < -0.4 is 10.6 Å². The molecule has 0 saturated carbocycles. The van der Waals surface area contributed by atoms with E-state index in [1.54, 1.807) is 36.5 Å². The number of carbonyl (C=O) groups is 1. The van der Waals surface area contributed by atoms with Crippen LogP contribution in [0.3, 0.4) is 0 Å². The number of hydrogen-bond acceptors (Lipinski definition) is 7. The van der Waals surface area contributed by atoms with Crippen molar-refractivity contribution in [3.05, 3.63) is 70.1 Å². The summed E-state index contributed by atoms with van der Waals surface area (Å²) in [6.45, 7) is 0.953. The predicted molar refractivity (Wildman–Crippen MR) is 129 cm³/mol. The van der Waals surface area contributed by atoms with Crippen LogP contribution in [0, 0.1) is 11.3 Å². The van der Waals surface area contributed by atoms with Crippen LogP contribution in [0.2, 0.25) is 10.0 Å². The number of pyridine rings is 1. The maximum Gasteiger partial charge on any atom is 0.356 e. The van der Waals surface area contributed by atoms with Crippen LogP contribution in [0.15, 0.2) is 48.8 Å². The van der Waals surface area contributed by atoms with Crippen molar-refractivity contribution in [3.63, 3.8) is 0 Å². The van der Waals surface area contributed by atoms with Crippen LogP contribution in [0.4, 0.5) is 11.6 Å². The SMILES string of the molecule is Cl.N#Cc1ccc(NCCNc2nc(-c3ccc(Cl)cc3Cl)cn3nc(C(=O)O)cc23)nc1. The van der Waals surface area contributed by atoms with E-state index in [1.807, 2.05) is 6.07 Å². The molecular weight excluding hydrogens is 489 g/mol. The van der Waals surface area contributed by atoms with E-state index < -0.39 is 5.97 Å². The van der Waals surface area contributed by atoms with Gasteiger partial charge in [0.2, 0.25) is 0 Å². The Labute approximate surface area is 204 Å². The van der Waals surface area contributed by atoms with Crippen molar-refractivity contribution < 1.29 is 9.90 Å². The molecule has 0 aliphatic rings. The first kappa shape index (κ1) is 24.1. The molecular formula is C21H16Cl3N7O2. The van der Waals surface area contributed by atoms with E-state index in [1.165, 1.54) is 16.8 Å². The number of hydrogen-bond donors (Lipinski definition) is 3. The van der Waals surface area contributed by atoms with Gasteiger partial charge in [0, 0.05) is 35.9 Å². The predicted octanol–water partition coefficient (Wildman–Crippen LogP) is 4.61. The van der Waals surface area contributed by atoms with Crippen LogP contribution in [-0.2, 0) is 0 Å². The summed E-state index contributed by atoms with van der Waals surface area (Å²) in [4.78, 5) is 20.2. The molecule has 0 saturated heterocycles. The summed E-state index contributed by atoms with van der Waals surface area (Å²) in [5, 5.41) is 29.5. The van der Waals surface area contributed by atoms with Crippen molar-refractivity contribution >= 4 is 58.7 Å². The van der Waals surface area contributed by atoms with E-state index in [0.717, 1.165) is 0 Å². The summed E-state index contributed by atoms with van der Waals surface area (Å²) in [6.07, 6.45) is 3.10. The molecule has 9 nitrogen and oxygen atoms in total. The molecule has 1 aromatic carbocycles. The van der Waals surface area contributed by atoms with Gasteiger partial charge in [-0.25, -0.2) is 19.3 Å². The van der Waals surface area contributed by atoms with Crippen LogP contribution in [0.5, 0.6) is 0 Å². The van der Waals surface area contributed by atoms with Crippen molar-refractivity contribution in [2.75, 3.05) is 23.7 Å². The van der Waals surface area contributed by atoms with E-state index in [-0.39, 0.29) is 18.1 Å². The maximum absolute atomic E-state index is 11.4. The number of nitrogens with zero attached hydrogens (tertiary/aromatic N) is 5. The minimum absolute atomic E-state index is 0.